The molecule has 0 spiro atoms. The van der Waals surface area contributed by atoms with Crippen LogP contribution < -0.4 is 25.3 Å². The lowest BCUT2D eigenvalue weighted by Crippen LogP contribution is -2.72. The molecule has 0 amide bonds. The predicted molar refractivity (Wildman–Crippen MR) is 273 cm³/mol. The molecule has 7 aromatic carbocycles. The summed E-state index contributed by atoms with van der Waals surface area (Å²) in [5, 5.41) is 0.553. The fourth-order valence-corrected chi connectivity index (χ4v) is 11.6. The molecule has 0 bridgehead atoms. The first-order chi connectivity index (χ1) is 32.3. The van der Waals surface area contributed by atoms with Crippen LogP contribution in [0.25, 0.3) is 11.0 Å². The van der Waals surface area contributed by atoms with Crippen molar-refractivity contribution in [1.29, 1.82) is 0 Å². The Labute approximate surface area is 388 Å². The van der Waals surface area contributed by atoms with Gasteiger partial charge in [-0.25, -0.2) is 0 Å². The van der Waals surface area contributed by atoms with Gasteiger partial charge in [0.15, 0.2) is 0 Å². The molecule has 66 heavy (non-hydrogen) atoms. The van der Waals surface area contributed by atoms with Gasteiger partial charge in [0.2, 0.25) is 0 Å². The number of nitrogens with zero attached hydrogens (tertiary/aromatic N) is 4. The minimum atomic E-state index is -0.553. The number of ether oxygens (including phenoxy) is 1. The van der Waals surface area contributed by atoms with E-state index in [4.69, 9.17) is 9.15 Å². The lowest BCUT2D eigenvalue weighted by atomic mass is 9.23. The third kappa shape index (κ3) is 6.43. The molecule has 0 saturated carbocycles. The van der Waals surface area contributed by atoms with Gasteiger partial charge in [0, 0.05) is 62.6 Å². The van der Waals surface area contributed by atoms with Gasteiger partial charge < -0.3 is 28.8 Å². The number of hydrogen-bond acceptors (Lipinski definition) is 6. The molecule has 12 rings (SSSR count). The quantitative estimate of drug-likeness (QED) is 0.142. The smallest absolute Gasteiger partial charge is 0.275 e. The molecule has 5 unspecified atom stereocenters. The zero-order chi connectivity index (χ0) is 44.6. The van der Waals surface area contributed by atoms with Gasteiger partial charge in [-0.3, -0.25) is 0 Å². The molecular weight excluding hydrogens is 807 g/mol. The SMILES string of the molecule is CC(C)(C)c1ccc(N2c3c(oc4ccccc34)B3C4OC(N(c5ccccc5)c5ccccc5)CC4N(c4ccccc4)C4=CC(N(c5ccccc5)c5ccccc5)=CC2C34C)cc1. The molecule has 4 aliphatic rings. The van der Waals surface area contributed by atoms with Gasteiger partial charge in [0.05, 0.1) is 29.4 Å². The van der Waals surface area contributed by atoms with Crippen LogP contribution in [0, 0.1) is 0 Å². The zero-order valence-corrected chi connectivity index (χ0v) is 37.9. The first-order valence-electron chi connectivity index (χ1n) is 23.4. The lowest BCUT2D eigenvalue weighted by molar-refractivity contribution is 0.0822. The Bertz CT molecular complexity index is 3000. The highest BCUT2D eigenvalue weighted by Crippen LogP contribution is 2.62. The van der Waals surface area contributed by atoms with Crippen molar-refractivity contribution in [2.24, 2.45) is 0 Å². The number of allylic oxidation sites excluding steroid dienone is 1. The summed E-state index contributed by atoms with van der Waals surface area (Å²) in [6.45, 7) is 9.19. The minimum absolute atomic E-state index is 0.00297. The Balaban J connectivity index is 1.14. The molecule has 3 aliphatic heterocycles. The van der Waals surface area contributed by atoms with E-state index in [0.29, 0.717) is 0 Å². The Kier molecular flexibility index (Phi) is 9.62. The van der Waals surface area contributed by atoms with Crippen molar-refractivity contribution in [3.8, 4) is 0 Å². The summed E-state index contributed by atoms with van der Waals surface area (Å²) >= 11 is 0. The lowest BCUT2D eigenvalue weighted by Gasteiger charge is -2.60. The van der Waals surface area contributed by atoms with Crippen molar-refractivity contribution >= 4 is 63.2 Å². The first-order valence-corrected chi connectivity index (χ1v) is 23.4. The van der Waals surface area contributed by atoms with Crippen molar-refractivity contribution in [1.82, 2.24) is 0 Å². The summed E-state index contributed by atoms with van der Waals surface area (Å²) in [5.74, 6) is 0. The summed E-state index contributed by atoms with van der Waals surface area (Å²) in [6.07, 6.45) is 5.51. The highest BCUT2D eigenvalue weighted by atomic mass is 16.5. The van der Waals surface area contributed by atoms with Crippen LogP contribution in [0.2, 0.25) is 5.31 Å². The van der Waals surface area contributed by atoms with Crippen LogP contribution in [-0.4, -0.2) is 31.0 Å². The molecule has 0 N–H and O–H groups in total. The van der Waals surface area contributed by atoms with E-state index in [-0.39, 0.29) is 36.4 Å². The zero-order valence-electron chi connectivity index (χ0n) is 37.9. The van der Waals surface area contributed by atoms with E-state index in [1.165, 1.54) is 11.3 Å². The fraction of sp³-hybridized carbons (Fsp3) is 0.186. The van der Waals surface area contributed by atoms with Crippen molar-refractivity contribution in [2.45, 2.75) is 69.2 Å². The van der Waals surface area contributed by atoms with Gasteiger partial charge in [-0.2, -0.15) is 0 Å². The van der Waals surface area contributed by atoms with Gasteiger partial charge >= 0.3 is 0 Å². The molecule has 4 heterocycles. The second kappa shape index (κ2) is 15.7. The van der Waals surface area contributed by atoms with Crippen LogP contribution in [0.5, 0.6) is 0 Å². The molecule has 1 aromatic heterocycles. The van der Waals surface area contributed by atoms with Gasteiger partial charge in [0.1, 0.15) is 11.8 Å². The van der Waals surface area contributed by atoms with Crippen molar-refractivity contribution < 1.29 is 9.15 Å². The van der Waals surface area contributed by atoms with Crippen molar-refractivity contribution in [2.75, 3.05) is 19.6 Å². The number of rotatable bonds is 8. The Morgan fingerprint density at radius 3 is 1.68 bits per heavy atom. The maximum absolute atomic E-state index is 7.80. The number of furan rings is 1. The molecule has 1 aliphatic carbocycles. The van der Waals surface area contributed by atoms with Crippen LogP contribution in [0.1, 0.15) is 39.7 Å². The van der Waals surface area contributed by atoms with Crippen LogP contribution in [0.15, 0.2) is 228 Å². The number of anilines is 7. The number of fused-ring (bicyclic) bond motifs is 6. The van der Waals surface area contributed by atoms with E-state index < -0.39 is 5.31 Å². The molecule has 5 atom stereocenters. The normalized spacial score (nSPS) is 22.0. The van der Waals surface area contributed by atoms with Crippen LogP contribution in [0.3, 0.4) is 0 Å². The topological polar surface area (TPSA) is 35.3 Å². The predicted octanol–water partition coefficient (Wildman–Crippen LogP) is 13.7. The first kappa shape index (κ1) is 40.3. The largest absolute Gasteiger partial charge is 0.469 e. The van der Waals surface area contributed by atoms with Crippen molar-refractivity contribution in [3.63, 3.8) is 0 Å². The van der Waals surface area contributed by atoms with Gasteiger partial charge in [-0.05, 0) is 108 Å². The molecule has 2 fully saturated rings. The summed E-state index contributed by atoms with van der Waals surface area (Å²) < 4.78 is 15.1. The van der Waals surface area contributed by atoms with Crippen LogP contribution >= 0.6 is 0 Å². The summed E-state index contributed by atoms with van der Waals surface area (Å²) in [5.41, 5.74) is 13.3. The molecule has 324 valence electrons. The minimum Gasteiger partial charge on any atom is -0.469 e. The Morgan fingerprint density at radius 2 is 1.11 bits per heavy atom. The van der Waals surface area contributed by atoms with Gasteiger partial charge in [0.25, 0.3) is 6.71 Å². The van der Waals surface area contributed by atoms with Crippen molar-refractivity contribution in [3.05, 3.63) is 229 Å². The Hall–Kier alpha value is -7.22. The fourth-order valence-electron chi connectivity index (χ4n) is 11.6. The molecule has 6 nitrogen and oxygen atoms in total. The average molecular weight is 861 g/mol. The molecule has 7 heteroatoms. The molecular formula is C59H53BN4O2. The average Bonchev–Trinajstić information content (AvgIpc) is 3.95. The van der Waals surface area contributed by atoms with Gasteiger partial charge in [-0.1, -0.05) is 143 Å². The van der Waals surface area contributed by atoms with Gasteiger partial charge in [-0.15, -0.1) is 0 Å². The second-order valence-corrected chi connectivity index (χ2v) is 19.4. The maximum Gasteiger partial charge on any atom is 0.275 e. The highest BCUT2D eigenvalue weighted by Gasteiger charge is 2.68. The van der Waals surface area contributed by atoms with E-state index in [1.807, 2.05) is 0 Å². The standard InChI is InChI=1S/C59H53BN4O2/c1-58(2,3)41-34-36-47(37-35-41)64-53-39-48(61(42-22-10-5-11-23-42)43-24-12-6-13-25-43)38-52-59(53,4)60(57-55(64)49-32-20-21-33-51(49)65-57)56-50(63(52)46-30-18-9-19-31-46)40-54(66-56)62(44-26-14-7-15-27-44)45-28-16-8-17-29-45/h5-39,50,53-54,56H,40H2,1-4H3. The number of para-hydroxylation sites is 6. The van der Waals surface area contributed by atoms with E-state index in [9.17, 15) is 0 Å². The third-order valence-electron chi connectivity index (χ3n) is 14.6. The van der Waals surface area contributed by atoms with Crippen LogP contribution in [0.4, 0.5) is 39.8 Å². The number of benzene rings is 7. The maximum atomic E-state index is 7.80. The molecule has 8 aromatic rings. The summed E-state index contributed by atoms with van der Waals surface area (Å²) in [4.78, 5) is 10.1. The van der Waals surface area contributed by atoms with E-state index in [1.54, 1.807) is 0 Å². The van der Waals surface area contributed by atoms with E-state index >= 15 is 0 Å². The summed E-state index contributed by atoms with van der Waals surface area (Å²) in [7, 11) is 0. The highest BCUT2D eigenvalue weighted by molar-refractivity contribution is 6.80. The number of hydrogen-bond donors (Lipinski definition) is 0. The second-order valence-electron chi connectivity index (χ2n) is 19.4. The van der Waals surface area contributed by atoms with Crippen LogP contribution in [-0.2, 0) is 10.2 Å². The van der Waals surface area contributed by atoms with E-state index in [2.05, 4.69) is 260 Å². The van der Waals surface area contributed by atoms with E-state index in [0.717, 1.165) is 68.6 Å². The Morgan fingerprint density at radius 1 is 0.591 bits per heavy atom. The molecule has 2 saturated heterocycles. The molecule has 0 radical (unpaired) electrons. The summed E-state index contributed by atoms with van der Waals surface area (Å²) in [6, 6.07) is 71.5. The monoisotopic (exact) mass is 860 g/mol. The third-order valence-corrected chi connectivity index (χ3v) is 14.6.